The summed E-state index contributed by atoms with van der Waals surface area (Å²) >= 11 is 0. The first-order chi connectivity index (χ1) is 9.63. The Morgan fingerprint density at radius 3 is 2.45 bits per heavy atom. The Morgan fingerprint density at radius 1 is 1.15 bits per heavy atom. The van der Waals surface area contributed by atoms with Crippen LogP contribution >= 0.6 is 0 Å². The van der Waals surface area contributed by atoms with Crippen LogP contribution < -0.4 is 4.90 Å². The standard InChI is InChI=1S/C15H25N5/c1-12(2)18-6-8-19(9-7-18)14-10-20(11-14)15-16-5-4-13(3)17-15/h4-5,12,14H,6-11H2,1-3H3. The molecule has 0 unspecified atom stereocenters. The minimum Gasteiger partial charge on any atom is -0.338 e. The van der Waals surface area contributed by atoms with E-state index in [1.165, 1.54) is 26.2 Å². The number of aryl methyl sites for hydroxylation is 1. The van der Waals surface area contributed by atoms with Gasteiger partial charge in [0, 0.05) is 63.2 Å². The molecule has 110 valence electrons. The molecule has 0 radical (unpaired) electrons. The lowest BCUT2D eigenvalue weighted by Gasteiger charge is -2.48. The maximum Gasteiger partial charge on any atom is 0.225 e. The number of piperazine rings is 1. The van der Waals surface area contributed by atoms with Crippen molar-refractivity contribution in [1.29, 1.82) is 0 Å². The number of rotatable bonds is 3. The zero-order valence-corrected chi connectivity index (χ0v) is 12.8. The summed E-state index contributed by atoms with van der Waals surface area (Å²) in [6, 6.07) is 3.32. The highest BCUT2D eigenvalue weighted by molar-refractivity contribution is 5.35. The van der Waals surface area contributed by atoms with E-state index in [0.29, 0.717) is 12.1 Å². The van der Waals surface area contributed by atoms with Crippen LogP contribution in [0.3, 0.4) is 0 Å². The van der Waals surface area contributed by atoms with Gasteiger partial charge in [-0.3, -0.25) is 9.80 Å². The largest absolute Gasteiger partial charge is 0.338 e. The van der Waals surface area contributed by atoms with Crippen LogP contribution in [0.25, 0.3) is 0 Å². The van der Waals surface area contributed by atoms with E-state index < -0.39 is 0 Å². The van der Waals surface area contributed by atoms with Gasteiger partial charge in [-0.2, -0.15) is 0 Å². The number of hydrogen-bond donors (Lipinski definition) is 0. The van der Waals surface area contributed by atoms with E-state index in [1.807, 2.05) is 19.2 Å². The molecule has 1 aromatic heterocycles. The van der Waals surface area contributed by atoms with Gasteiger partial charge in [-0.05, 0) is 26.8 Å². The minimum absolute atomic E-state index is 0.677. The van der Waals surface area contributed by atoms with Gasteiger partial charge in [0.05, 0.1) is 0 Å². The molecule has 1 aromatic rings. The van der Waals surface area contributed by atoms with E-state index in [4.69, 9.17) is 0 Å². The summed E-state index contributed by atoms with van der Waals surface area (Å²) in [5.74, 6) is 0.891. The summed E-state index contributed by atoms with van der Waals surface area (Å²) in [6.45, 7) is 13.6. The third-order valence-corrected chi connectivity index (χ3v) is 4.52. The zero-order valence-electron chi connectivity index (χ0n) is 12.8. The second kappa shape index (κ2) is 5.66. The van der Waals surface area contributed by atoms with Crippen LogP contribution in [-0.2, 0) is 0 Å². The molecule has 0 saturated carbocycles. The average Bonchev–Trinajstić information content (AvgIpc) is 2.38. The van der Waals surface area contributed by atoms with Crippen LogP contribution in [0.5, 0.6) is 0 Å². The molecule has 5 nitrogen and oxygen atoms in total. The van der Waals surface area contributed by atoms with E-state index in [1.54, 1.807) is 0 Å². The smallest absolute Gasteiger partial charge is 0.225 e. The van der Waals surface area contributed by atoms with E-state index in [2.05, 4.69) is 38.5 Å². The third kappa shape index (κ3) is 2.79. The summed E-state index contributed by atoms with van der Waals surface area (Å²) in [4.78, 5) is 16.3. The van der Waals surface area contributed by atoms with Gasteiger partial charge >= 0.3 is 0 Å². The molecule has 2 aliphatic heterocycles. The lowest BCUT2D eigenvalue weighted by molar-refractivity contribution is 0.0674. The summed E-state index contributed by atoms with van der Waals surface area (Å²) < 4.78 is 0. The van der Waals surface area contributed by atoms with Crippen molar-refractivity contribution in [2.75, 3.05) is 44.2 Å². The summed E-state index contributed by atoms with van der Waals surface area (Å²) in [5, 5.41) is 0. The first-order valence-electron chi connectivity index (χ1n) is 7.66. The topological polar surface area (TPSA) is 35.5 Å². The van der Waals surface area contributed by atoms with Crippen molar-refractivity contribution in [3.8, 4) is 0 Å². The normalized spacial score (nSPS) is 22.3. The molecule has 5 heteroatoms. The SMILES string of the molecule is Cc1ccnc(N2CC(N3CCN(C(C)C)CC3)C2)n1. The lowest BCUT2D eigenvalue weighted by Crippen LogP contribution is -2.64. The molecule has 0 amide bonds. The molecule has 0 bridgehead atoms. The van der Waals surface area contributed by atoms with Gasteiger partial charge < -0.3 is 4.90 Å². The number of aromatic nitrogens is 2. The molecule has 2 saturated heterocycles. The van der Waals surface area contributed by atoms with Crippen molar-refractivity contribution in [3.05, 3.63) is 18.0 Å². The van der Waals surface area contributed by atoms with Crippen molar-refractivity contribution < 1.29 is 0 Å². The van der Waals surface area contributed by atoms with Gasteiger partial charge in [0.2, 0.25) is 5.95 Å². The first-order valence-corrected chi connectivity index (χ1v) is 7.66. The van der Waals surface area contributed by atoms with Gasteiger partial charge in [-0.25, -0.2) is 9.97 Å². The van der Waals surface area contributed by atoms with Gasteiger partial charge in [-0.15, -0.1) is 0 Å². The number of nitrogens with zero attached hydrogens (tertiary/aromatic N) is 5. The van der Waals surface area contributed by atoms with Gasteiger partial charge in [0.25, 0.3) is 0 Å². The fourth-order valence-corrected chi connectivity index (χ4v) is 3.06. The molecule has 0 N–H and O–H groups in total. The fraction of sp³-hybridized carbons (Fsp3) is 0.733. The zero-order chi connectivity index (χ0) is 14.1. The van der Waals surface area contributed by atoms with Crippen molar-refractivity contribution in [2.45, 2.75) is 32.9 Å². The fourth-order valence-electron chi connectivity index (χ4n) is 3.06. The Kier molecular flexibility index (Phi) is 3.89. The maximum absolute atomic E-state index is 4.50. The van der Waals surface area contributed by atoms with Crippen LogP contribution in [0.1, 0.15) is 19.5 Å². The Balaban J connectivity index is 1.49. The van der Waals surface area contributed by atoms with Crippen LogP contribution in [0, 0.1) is 6.92 Å². The summed E-state index contributed by atoms with van der Waals surface area (Å²) in [6.07, 6.45) is 1.85. The van der Waals surface area contributed by atoms with Crippen LogP contribution in [0.4, 0.5) is 5.95 Å². The third-order valence-electron chi connectivity index (χ3n) is 4.52. The highest BCUT2D eigenvalue weighted by Crippen LogP contribution is 2.21. The van der Waals surface area contributed by atoms with Gasteiger partial charge in [0.1, 0.15) is 0 Å². The van der Waals surface area contributed by atoms with Crippen molar-refractivity contribution in [3.63, 3.8) is 0 Å². The van der Waals surface area contributed by atoms with E-state index in [0.717, 1.165) is 24.7 Å². The van der Waals surface area contributed by atoms with Gasteiger partial charge in [-0.1, -0.05) is 0 Å². The van der Waals surface area contributed by atoms with E-state index >= 15 is 0 Å². The number of anilines is 1. The molecule has 3 rings (SSSR count). The molecule has 0 atom stereocenters. The molecule has 0 aliphatic carbocycles. The van der Waals surface area contributed by atoms with Crippen LogP contribution in [0.2, 0.25) is 0 Å². The molecule has 20 heavy (non-hydrogen) atoms. The summed E-state index contributed by atoms with van der Waals surface area (Å²) in [5.41, 5.74) is 1.05. The highest BCUT2D eigenvalue weighted by atomic mass is 15.4. The molecular formula is C15H25N5. The van der Waals surface area contributed by atoms with Crippen molar-refractivity contribution in [2.24, 2.45) is 0 Å². The highest BCUT2D eigenvalue weighted by Gasteiger charge is 2.34. The molecular weight excluding hydrogens is 250 g/mol. The maximum atomic E-state index is 4.50. The Morgan fingerprint density at radius 2 is 1.85 bits per heavy atom. The van der Waals surface area contributed by atoms with Crippen molar-refractivity contribution >= 4 is 5.95 Å². The monoisotopic (exact) mass is 275 g/mol. The number of hydrogen-bond acceptors (Lipinski definition) is 5. The predicted octanol–water partition coefficient (Wildman–Crippen LogP) is 1.000. The summed E-state index contributed by atoms with van der Waals surface area (Å²) in [7, 11) is 0. The first kappa shape index (κ1) is 13.8. The molecule has 2 aliphatic rings. The Hall–Kier alpha value is -1.20. The van der Waals surface area contributed by atoms with Crippen LogP contribution in [0.15, 0.2) is 12.3 Å². The predicted molar refractivity (Wildman–Crippen MR) is 81.1 cm³/mol. The van der Waals surface area contributed by atoms with E-state index in [9.17, 15) is 0 Å². The average molecular weight is 275 g/mol. The molecule has 2 fully saturated rings. The molecule has 3 heterocycles. The minimum atomic E-state index is 0.677. The van der Waals surface area contributed by atoms with E-state index in [-0.39, 0.29) is 0 Å². The Labute approximate surface area is 121 Å². The van der Waals surface area contributed by atoms with Crippen molar-refractivity contribution in [1.82, 2.24) is 19.8 Å². The van der Waals surface area contributed by atoms with Gasteiger partial charge in [0.15, 0.2) is 0 Å². The molecule has 0 aromatic carbocycles. The Bertz CT molecular complexity index is 447. The lowest BCUT2D eigenvalue weighted by atomic mass is 10.1. The van der Waals surface area contributed by atoms with Crippen LogP contribution in [-0.4, -0.2) is 71.1 Å². The second-order valence-corrected chi connectivity index (χ2v) is 6.22. The quantitative estimate of drug-likeness (QED) is 0.822. The molecule has 0 spiro atoms. The second-order valence-electron chi connectivity index (χ2n) is 6.22.